The van der Waals surface area contributed by atoms with Gasteiger partial charge >= 0.3 is 0 Å². The van der Waals surface area contributed by atoms with E-state index >= 15 is 0 Å². The van der Waals surface area contributed by atoms with Gasteiger partial charge in [0, 0.05) is 10.6 Å². The summed E-state index contributed by atoms with van der Waals surface area (Å²) in [6.07, 6.45) is 1.05. The molecule has 8 heteroatoms. The van der Waals surface area contributed by atoms with Gasteiger partial charge in [-0.15, -0.1) is 0 Å². The Hall–Kier alpha value is -2.80. The van der Waals surface area contributed by atoms with E-state index in [0.29, 0.717) is 35.9 Å². The van der Waals surface area contributed by atoms with Crippen LogP contribution in [0, 0.1) is 11.2 Å². The molecule has 0 bridgehead atoms. The van der Waals surface area contributed by atoms with E-state index in [1.165, 1.54) is 24.3 Å². The molecule has 1 aliphatic rings. The molecule has 0 spiro atoms. The monoisotopic (exact) mass is 448 g/mol. The molecule has 0 aliphatic heterocycles. The van der Waals surface area contributed by atoms with Gasteiger partial charge in [-0.05, 0) is 68.3 Å². The summed E-state index contributed by atoms with van der Waals surface area (Å²) >= 11 is 5.83. The van der Waals surface area contributed by atoms with E-state index in [2.05, 4.69) is 10.6 Å². The van der Waals surface area contributed by atoms with Gasteiger partial charge in [0.05, 0.1) is 12.0 Å². The van der Waals surface area contributed by atoms with Crippen LogP contribution in [0.5, 0.6) is 11.5 Å². The number of halogens is 2. The van der Waals surface area contributed by atoms with Gasteiger partial charge in [0.25, 0.3) is 5.91 Å². The molecule has 3 rings (SSSR count). The lowest BCUT2D eigenvalue weighted by Gasteiger charge is -2.52. The number of carbonyl (C=O) groups is 2. The van der Waals surface area contributed by atoms with Crippen molar-refractivity contribution in [2.75, 3.05) is 19.8 Å². The average Bonchev–Trinajstić information content (AvgIpc) is 2.70. The van der Waals surface area contributed by atoms with Gasteiger partial charge in [0.1, 0.15) is 23.9 Å². The lowest BCUT2D eigenvalue weighted by Crippen LogP contribution is -2.64. The third-order valence-electron chi connectivity index (χ3n) is 5.20. The summed E-state index contributed by atoms with van der Waals surface area (Å²) in [5.41, 5.74) is -1.02. The van der Waals surface area contributed by atoms with Gasteiger partial charge in [0.15, 0.2) is 6.61 Å². The normalized spacial score (nSPS) is 22.2. The summed E-state index contributed by atoms with van der Waals surface area (Å²) < 4.78 is 23.8. The van der Waals surface area contributed by atoms with Crippen molar-refractivity contribution >= 4 is 23.4 Å². The molecule has 2 amide bonds. The van der Waals surface area contributed by atoms with Crippen molar-refractivity contribution in [2.24, 2.45) is 5.41 Å². The fourth-order valence-corrected chi connectivity index (χ4v) is 4.18. The number of ether oxygens (including phenoxy) is 2. The highest BCUT2D eigenvalue weighted by Gasteiger charge is 2.53. The van der Waals surface area contributed by atoms with Gasteiger partial charge in [0.2, 0.25) is 5.91 Å². The molecule has 1 fully saturated rings. The lowest BCUT2D eigenvalue weighted by atomic mass is 9.58. The molecule has 1 saturated carbocycles. The summed E-state index contributed by atoms with van der Waals surface area (Å²) in [4.78, 5) is 24.8. The second-order valence-corrected chi connectivity index (χ2v) is 8.76. The zero-order chi connectivity index (χ0) is 22.5. The fraction of sp³-hybridized carbons (Fsp3) is 0.391. The van der Waals surface area contributed by atoms with Crippen LogP contribution < -0.4 is 20.1 Å². The highest BCUT2D eigenvalue weighted by atomic mass is 35.5. The summed E-state index contributed by atoms with van der Waals surface area (Å²) in [5.74, 6) is 0.448. The predicted molar refractivity (Wildman–Crippen MR) is 116 cm³/mol. The molecule has 166 valence electrons. The Bertz CT molecular complexity index is 912. The van der Waals surface area contributed by atoms with E-state index in [9.17, 15) is 14.0 Å². The summed E-state index contributed by atoms with van der Waals surface area (Å²) in [5, 5.41) is 6.41. The largest absolute Gasteiger partial charge is 0.492 e. The molecule has 31 heavy (non-hydrogen) atoms. The smallest absolute Gasteiger partial charge is 0.258 e. The van der Waals surface area contributed by atoms with Gasteiger partial charge in [-0.25, -0.2) is 4.39 Å². The first-order valence-electron chi connectivity index (χ1n) is 10.0. The molecule has 2 aromatic rings. The molecule has 0 radical (unpaired) electrons. The topological polar surface area (TPSA) is 76.7 Å². The third-order valence-corrected chi connectivity index (χ3v) is 5.46. The van der Waals surface area contributed by atoms with E-state index in [1.807, 2.05) is 13.8 Å². The molecule has 1 aliphatic carbocycles. The number of nitrogens with one attached hydrogen (secondary N) is 2. The van der Waals surface area contributed by atoms with Crippen molar-refractivity contribution in [2.45, 2.75) is 32.2 Å². The maximum atomic E-state index is 12.9. The summed E-state index contributed by atoms with van der Waals surface area (Å²) in [6, 6.07) is 12.5. The molecule has 0 saturated heterocycles. The van der Waals surface area contributed by atoms with Crippen LogP contribution in [0.3, 0.4) is 0 Å². The van der Waals surface area contributed by atoms with Crippen molar-refractivity contribution < 1.29 is 23.5 Å². The van der Waals surface area contributed by atoms with Crippen LogP contribution >= 0.6 is 11.6 Å². The Labute approximate surface area is 186 Å². The van der Waals surface area contributed by atoms with Gasteiger partial charge in [-0.2, -0.15) is 0 Å². The van der Waals surface area contributed by atoms with Crippen LogP contribution in [-0.2, 0) is 9.59 Å². The SMILES string of the molecule is CC1(NC(=O)COc2ccc(Cl)cc2)CC(C)(C(=O)NCCOc2ccc(F)cc2)C1. The third kappa shape index (κ3) is 6.34. The molecule has 0 unspecified atom stereocenters. The zero-order valence-corrected chi connectivity index (χ0v) is 18.3. The Morgan fingerprint density at radius 1 is 1.00 bits per heavy atom. The van der Waals surface area contributed by atoms with E-state index in [0.717, 1.165) is 0 Å². The minimum absolute atomic E-state index is 0.0839. The highest BCUT2D eigenvalue weighted by Crippen LogP contribution is 2.48. The van der Waals surface area contributed by atoms with Crippen LogP contribution in [0.2, 0.25) is 5.02 Å². The lowest BCUT2D eigenvalue weighted by molar-refractivity contribution is -0.143. The zero-order valence-electron chi connectivity index (χ0n) is 17.5. The van der Waals surface area contributed by atoms with Crippen molar-refractivity contribution in [3.8, 4) is 11.5 Å². The van der Waals surface area contributed by atoms with E-state index in [-0.39, 0.29) is 30.8 Å². The molecule has 6 nitrogen and oxygen atoms in total. The Balaban J connectivity index is 1.36. The number of rotatable bonds is 9. The first-order valence-corrected chi connectivity index (χ1v) is 10.4. The molecule has 0 atom stereocenters. The highest BCUT2D eigenvalue weighted by molar-refractivity contribution is 6.30. The summed E-state index contributed by atoms with van der Waals surface area (Å²) in [7, 11) is 0. The number of hydrogen-bond acceptors (Lipinski definition) is 4. The molecule has 0 heterocycles. The van der Waals surface area contributed by atoms with E-state index < -0.39 is 11.0 Å². The van der Waals surface area contributed by atoms with Crippen molar-refractivity contribution in [1.29, 1.82) is 0 Å². The Morgan fingerprint density at radius 2 is 1.58 bits per heavy atom. The number of amides is 2. The van der Waals surface area contributed by atoms with E-state index in [1.54, 1.807) is 24.3 Å². The average molecular weight is 449 g/mol. The van der Waals surface area contributed by atoms with Crippen LogP contribution in [0.4, 0.5) is 4.39 Å². The maximum absolute atomic E-state index is 12.9. The minimum Gasteiger partial charge on any atom is -0.492 e. The van der Waals surface area contributed by atoms with Crippen LogP contribution in [0.1, 0.15) is 26.7 Å². The van der Waals surface area contributed by atoms with Crippen molar-refractivity contribution in [3.05, 3.63) is 59.4 Å². The van der Waals surface area contributed by atoms with Crippen LogP contribution in [0.15, 0.2) is 48.5 Å². The Kier molecular flexibility index (Phi) is 7.05. The van der Waals surface area contributed by atoms with Gasteiger partial charge in [-0.3, -0.25) is 9.59 Å². The van der Waals surface area contributed by atoms with Crippen LogP contribution in [-0.4, -0.2) is 37.1 Å². The Morgan fingerprint density at radius 3 is 2.23 bits per heavy atom. The predicted octanol–water partition coefficient (Wildman–Crippen LogP) is 3.73. The van der Waals surface area contributed by atoms with E-state index in [4.69, 9.17) is 21.1 Å². The molecular weight excluding hydrogens is 423 g/mol. The van der Waals surface area contributed by atoms with Gasteiger partial charge < -0.3 is 20.1 Å². The summed E-state index contributed by atoms with van der Waals surface area (Å²) in [6.45, 7) is 4.30. The minimum atomic E-state index is -0.561. The van der Waals surface area contributed by atoms with Crippen molar-refractivity contribution in [1.82, 2.24) is 10.6 Å². The quantitative estimate of drug-likeness (QED) is 0.573. The van der Waals surface area contributed by atoms with Crippen LogP contribution in [0.25, 0.3) is 0 Å². The fourth-order valence-electron chi connectivity index (χ4n) is 4.05. The molecular formula is C23H26ClFN2O4. The first kappa shape index (κ1) is 22.9. The molecule has 0 aromatic heterocycles. The standard InChI is InChI=1S/C23H26ClFN2O4/c1-22(21(29)26-11-12-30-18-9-5-17(25)6-10-18)14-23(2,15-22)27-20(28)13-31-19-7-3-16(24)4-8-19/h3-10H,11-15H2,1-2H3,(H,26,29)(H,27,28). The van der Waals surface area contributed by atoms with Crippen molar-refractivity contribution in [3.63, 3.8) is 0 Å². The maximum Gasteiger partial charge on any atom is 0.258 e. The molecule has 2 aromatic carbocycles. The van der Waals surface area contributed by atoms with Gasteiger partial charge in [-0.1, -0.05) is 18.5 Å². The number of carbonyl (C=O) groups excluding carboxylic acids is 2. The molecule has 2 N–H and O–H groups in total. The number of benzene rings is 2. The number of hydrogen-bond donors (Lipinski definition) is 2. The second-order valence-electron chi connectivity index (χ2n) is 8.32. The first-order chi connectivity index (χ1) is 14.7. The second kappa shape index (κ2) is 9.56.